The van der Waals surface area contributed by atoms with E-state index in [0.717, 1.165) is 12.8 Å². The number of aryl methyl sites for hydroxylation is 1. The van der Waals surface area contributed by atoms with E-state index in [0.29, 0.717) is 0 Å². The van der Waals surface area contributed by atoms with E-state index in [1.165, 1.54) is 5.56 Å². The van der Waals surface area contributed by atoms with Crippen molar-refractivity contribution in [1.29, 1.82) is 0 Å². The average molecular weight is 289 g/mol. The van der Waals surface area contributed by atoms with Crippen LogP contribution >= 0.6 is 12.6 Å². The predicted molar refractivity (Wildman–Crippen MR) is 76.5 cm³/mol. The van der Waals surface area contributed by atoms with Gasteiger partial charge in [0.2, 0.25) is 0 Å². The van der Waals surface area contributed by atoms with Gasteiger partial charge in [-0.15, -0.1) is 0 Å². The summed E-state index contributed by atoms with van der Waals surface area (Å²) in [6.45, 7) is 0. The second-order valence-electron chi connectivity index (χ2n) is 4.33. The lowest BCUT2D eigenvalue weighted by Crippen LogP contribution is -2.33. The minimum Gasteiger partial charge on any atom is -0.327 e. The molecule has 0 aliphatic rings. The van der Waals surface area contributed by atoms with Gasteiger partial charge in [-0.25, -0.2) is 0 Å². The van der Waals surface area contributed by atoms with Gasteiger partial charge in [0.25, 0.3) is 10.1 Å². The van der Waals surface area contributed by atoms with Gasteiger partial charge in [-0.3, -0.25) is 4.55 Å². The van der Waals surface area contributed by atoms with E-state index in [1.54, 1.807) is 0 Å². The van der Waals surface area contributed by atoms with Crippen molar-refractivity contribution in [2.24, 2.45) is 5.73 Å². The molecule has 0 bridgehead atoms. The van der Waals surface area contributed by atoms with Crippen LogP contribution in [0.2, 0.25) is 0 Å². The summed E-state index contributed by atoms with van der Waals surface area (Å²) < 4.78 is 29.9. The maximum atomic E-state index is 10.6. The Kier molecular flexibility index (Phi) is 6.14. The Bertz CT molecular complexity index is 448. The Morgan fingerprint density at radius 1 is 1.22 bits per heavy atom. The summed E-state index contributed by atoms with van der Waals surface area (Å²) in [5.41, 5.74) is 7.04. The number of benzene rings is 1. The maximum Gasteiger partial charge on any atom is 0.264 e. The van der Waals surface area contributed by atoms with Crippen LogP contribution in [0.3, 0.4) is 0 Å². The predicted octanol–water partition coefficient (Wildman–Crippen LogP) is 1.52. The minimum absolute atomic E-state index is 0.0769. The van der Waals surface area contributed by atoms with Crippen LogP contribution in [0.5, 0.6) is 0 Å². The van der Waals surface area contributed by atoms with E-state index < -0.39 is 10.1 Å². The van der Waals surface area contributed by atoms with Crippen molar-refractivity contribution in [2.45, 2.75) is 30.6 Å². The lowest BCUT2D eigenvalue weighted by molar-refractivity contribution is 0.474. The fourth-order valence-electron chi connectivity index (χ4n) is 1.65. The Morgan fingerprint density at radius 3 is 2.39 bits per heavy atom. The monoisotopic (exact) mass is 289 g/mol. The normalized spacial score (nSPS) is 15.3. The van der Waals surface area contributed by atoms with Gasteiger partial charge in [0, 0.05) is 11.3 Å². The number of thiol groups is 1. The molecule has 1 aromatic carbocycles. The maximum absolute atomic E-state index is 10.6. The molecule has 1 rings (SSSR count). The van der Waals surface area contributed by atoms with Crippen LogP contribution in [-0.4, -0.2) is 30.0 Å². The lowest BCUT2D eigenvalue weighted by Gasteiger charge is -2.18. The first-order valence-electron chi connectivity index (χ1n) is 5.81. The first-order valence-corrected chi connectivity index (χ1v) is 7.94. The highest BCUT2D eigenvalue weighted by Gasteiger charge is 2.16. The first-order chi connectivity index (χ1) is 8.38. The Labute approximate surface area is 114 Å². The molecule has 2 atom stereocenters. The summed E-state index contributed by atoms with van der Waals surface area (Å²) in [4.78, 5) is 0. The zero-order valence-electron chi connectivity index (χ0n) is 10.1. The van der Waals surface area contributed by atoms with E-state index in [-0.39, 0.29) is 23.5 Å². The van der Waals surface area contributed by atoms with Crippen LogP contribution in [0.1, 0.15) is 18.4 Å². The van der Waals surface area contributed by atoms with Crippen LogP contribution in [-0.2, 0) is 16.5 Å². The van der Waals surface area contributed by atoms with Crippen molar-refractivity contribution in [1.82, 2.24) is 0 Å². The first kappa shape index (κ1) is 15.5. The fourth-order valence-corrected chi connectivity index (χ4v) is 2.50. The highest BCUT2D eigenvalue weighted by molar-refractivity contribution is 7.85. The highest BCUT2D eigenvalue weighted by atomic mass is 32.2. The zero-order valence-corrected chi connectivity index (χ0v) is 11.8. The molecule has 1 aromatic rings. The van der Waals surface area contributed by atoms with Crippen LogP contribution in [0.25, 0.3) is 0 Å². The van der Waals surface area contributed by atoms with Crippen molar-refractivity contribution in [3.63, 3.8) is 0 Å². The second-order valence-corrected chi connectivity index (χ2v) is 6.57. The van der Waals surface area contributed by atoms with E-state index in [1.807, 2.05) is 30.3 Å². The Morgan fingerprint density at radius 2 is 1.83 bits per heavy atom. The molecule has 0 saturated carbocycles. The molecule has 102 valence electrons. The van der Waals surface area contributed by atoms with Crippen LogP contribution in [0.4, 0.5) is 0 Å². The molecule has 3 N–H and O–H groups in total. The molecule has 0 aliphatic carbocycles. The van der Waals surface area contributed by atoms with Crippen molar-refractivity contribution in [3.8, 4) is 0 Å². The number of hydrogen-bond donors (Lipinski definition) is 3. The summed E-state index contributed by atoms with van der Waals surface area (Å²) >= 11 is 4.38. The summed E-state index contributed by atoms with van der Waals surface area (Å²) in [5.74, 6) is -0.309. The third-order valence-corrected chi connectivity index (χ3v) is 4.17. The van der Waals surface area contributed by atoms with Gasteiger partial charge >= 0.3 is 0 Å². The molecule has 2 unspecified atom stereocenters. The van der Waals surface area contributed by atoms with Gasteiger partial charge in [-0.1, -0.05) is 30.3 Å². The van der Waals surface area contributed by atoms with Crippen LogP contribution < -0.4 is 5.73 Å². The molecule has 0 spiro atoms. The average Bonchev–Trinajstić information content (AvgIpc) is 2.33. The Balaban J connectivity index is 2.34. The second kappa shape index (κ2) is 7.13. The molecular weight excluding hydrogens is 270 g/mol. The smallest absolute Gasteiger partial charge is 0.264 e. The quantitative estimate of drug-likeness (QED) is 0.525. The van der Waals surface area contributed by atoms with Gasteiger partial charge in [-0.2, -0.15) is 21.0 Å². The van der Waals surface area contributed by atoms with E-state index >= 15 is 0 Å². The van der Waals surface area contributed by atoms with E-state index in [9.17, 15) is 8.42 Å². The molecule has 18 heavy (non-hydrogen) atoms. The van der Waals surface area contributed by atoms with Crippen molar-refractivity contribution >= 4 is 22.7 Å². The van der Waals surface area contributed by atoms with Gasteiger partial charge in [-0.05, 0) is 24.8 Å². The Hall–Kier alpha value is -0.560. The van der Waals surface area contributed by atoms with Crippen LogP contribution in [0.15, 0.2) is 30.3 Å². The zero-order chi connectivity index (χ0) is 13.6. The molecular formula is C12H19NO3S2. The number of rotatable bonds is 7. The topological polar surface area (TPSA) is 80.4 Å². The molecule has 0 aliphatic heterocycles. The summed E-state index contributed by atoms with van der Waals surface area (Å²) in [6, 6.07) is 9.63. The third kappa shape index (κ3) is 6.39. The standard InChI is InChI=1S/C12H19NO3S2/c13-11(8-9-18(14,15)16)12(17)7-6-10-4-2-1-3-5-10/h1-5,11-12,17H,6-9,13H2,(H,14,15,16). The van der Waals surface area contributed by atoms with Crippen molar-refractivity contribution < 1.29 is 13.0 Å². The lowest BCUT2D eigenvalue weighted by atomic mass is 10.0. The number of nitrogens with two attached hydrogens (primary N) is 1. The SMILES string of the molecule is NC(CCS(=O)(=O)O)C(S)CCc1ccccc1. The summed E-state index contributed by atoms with van der Waals surface area (Å²) in [6.07, 6.45) is 1.86. The molecule has 0 radical (unpaired) electrons. The van der Waals surface area contributed by atoms with Gasteiger partial charge < -0.3 is 5.73 Å². The molecule has 0 fully saturated rings. The molecule has 4 nitrogen and oxygen atoms in total. The molecule has 0 heterocycles. The molecule has 0 aromatic heterocycles. The minimum atomic E-state index is -3.93. The van der Waals surface area contributed by atoms with Gasteiger partial charge in [0.1, 0.15) is 0 Å². The molecule has 0 amide bonds. The van der Waals surface area contributed by atoms with E-state index in [4.69, 9.17) is 10.3 Å². The molecule has 0 saturated heterocycles. The largest absolute Gasteiger partial charge is 0.327 e. The van der Waals surface area contributed by atoms with Gasteiger partial charge in [0.05, 0.1) is 5.75 Å². The number of hydrogen-bond acceptors (Lipinski definition) is 4. The summed E-state index contributed by atoms with van der Waals surface area (Å²) in [5, 5.41) is -0.0769. The third-order valence-electron chi connectivity index (χ3n) is 2.77. The van der Waals surface area contributed by atoms with Crippen molar-refractivity contribution in [2.75, 3.05) is 5.75 Å². The summed E-state index contributed by atoms with van der Waals surface area (Å²) in [7, 11) is -3.93. The van der Waals surface area contributed by atoms with E-state index in [2.05, 4.69) is 12.6 Å². The van der Waals surface area contributed by atoms with Crippen molar-refractivity contribution in [3.05, 3.63) is 35.9 Å². The van der Waals surface area contributed by atoms with Gasteiger partial charge in [0.15, 0.2) is 0 Å². The van der Waals surface area contributed by atoms with Crippen LogP contribution in [0, 0.1) is 0 Å². The highest BCUT2D eigenvalue weighted by Crippen LogP contribution is 2.13. The molecule has 6 heteroatoms. The fraction of sp³-hybridized carbons (Fsp3) is 0.500.